The summed E-state index contributed by atoms with van der Waals surface area (Å²) in [7, 11) is 0. The number of aryl methyl sites for hydroxylation is 1. The van der Waals surface area contributed by atoms with Crippen molar-refractivity contribution in [1.82, 2.24) is 0 Å². The lowest BCUT2D eigenvalue weighted by atomic mass is 9.77. The molecule has 3 rings (SSSR count). The molecule has 1 aliphatic heterocycles. The number of hydrogen-bond acceptors (Lipinski definition) is 1. The summed E-state index contributed by atoms with van der Waals surface area (Å²) < 4.78 is 21.3. The molecule has 1 aromatic carbocycles. The van der Waals surface area contributed by atoms with E-state index in [0.29, 0.717) is 12.7 Å². The minimum Gasteiger partial charge on any atom is -0.378 e. The molecule has 1 heterocycles. The van der Waals surface area contributed by atoms with Gasteiger partial charge in [-0.1, -0.05) is 63.7 Å². The highest BCUT2D eigenvalue weighted by atomic mass is 19.1. The van der Waals surface area contributed by atoms with Crippen molar-refractivity contribution in [3.63, 3.8) is 0 Å². The van der Waals surface area contributed by atoms with Crippen LogP contribution in [0.25, 0.3) is 0 Å². The van der Waals surface area contributed by atoms with Crippen LogP contribution in [0.15, 0.2) is 24.8 Å². The number of allylic oxidation sites excluding steroid dienone is 1. The van der Waals surface area contributed by atoms with Crippen LogP contribution in [0.2, 0.25) is 0 Å². The summed E-state index contributed by atoms with van der Waals surface area (Å²) in [4.78, 5) is 0. The monoisotopic (exact) mass is 414 g/mol. The molecule has 0 N–H and O–H groups in total. The Hall–Kier alpha value is -1.15. The number of hydrogen-bond donors (Lipinski definition) is 0. The van der Waals surface area contributed by atoms with Crippen LogP contribution in [-0.2, 0) is 11.2 Å². The average Bonchev–Trinajstić information content (AvgIpc) is 2.78. The third kappa shape index (κ3) is 6.42. The minimum absolute atomic E-state index is 0.0289. The van der Waals surface area contributed by atoms with Crippen molar-refractivity contribution in [1.29, 1.82) is 0 Å². The van der Waals surface area contributed by atoms with Crippen LogP contribution in [0, 0.1) is 24.6 Å². The average molecular weight is 415 g/mol. The fourth-order valence-corrected chi connectivity index (χ4v) is 5.56. The van der Waals surface area contributed by atoms with Gasteiger partial charge in [0.25, 0.3) is 0 Å². The third-order valence-corrected chi connectivity index (χ3v) is 7.79. The Morgan fingerprint density at radius 2 is 1.77 bits per heavy atom. The van der Waals surface area contributed by atoms with Gasteiger partial charge in [0.05, 0.1) is 12.7 Å². The Morgan fingerprint density at radius 3 is 2.40 bits per heavy atom. The van der Waals surface area contributed by atoms with Gasteiger partial charge >= 0.3 is 0 Å². The molecule has 0 amide bonds. The first-order valence-electron chi connectivity index (χ1n) is 12.6. The molecule has 1 aromatic rings. The van der Waals surface area contributed by atoms with Crippen molar-refractivity contribution < 1.29 is 9.13 Å². The van der Waals surface area contributed by atoms with Crippen LogP contribution < -0.4 is 0 Å². The highest BCUT2D eigenvalue weighted by Crippen LogP contribution is 2.36. The highest BCUT2D eigenvalue weighted by Gasteiger charge is 2.26. The summed E-state index contributed by atoms with van der Waals surface area (Å²) >= 11 is 0. The van der Waals surface area contributed by atoms with Crippen LogP contribution in [0.5, 0.6) is 0 Å². The van der Waals surface area contributed by atoms with Crippen LogP contribution in [0.3, 0.4) is 0 Å². The minimum atomic E-state index is 0.0289. The Bertz CT molecular complexity index is 651. The maximum atomic E-state index is 15.2. The molecule has 2 fully saturated rings. The first kappa shape index (κ1) is 23.5. The predicted octanol–water partition coefficient (Wildman–Crippen LogP) is 8.29. The van der Waals surface area contributed by atoms with E-state index in [1.165, 1.54) is 56.9 Å². The smallest absolute Gasteiger partial charge is 0.129 e. The summed E-state index contributed by atoms with van der Waals surface area (Å²) in [6, 6.07) is 4.26. The molecule has 1 aliphatic carbocycles. The number of benzene rings is 1. The molecular formula is C28H43FO. The topological polar surface area (TPSA) is 9.23 Å². The van der Waals surface area contributed by atoms with Gasteiger partial charge in [-0.05, 0) is 80.4 Å². The molecule has 30 heavy (non-hydrogen) atoms. The molecular weight excluding hydrogens is 371 g/mol. The van der Waals surface area contributed by atoms with E-state index in [0.717, 1.165) is 55.1 Å². The van der Waals surface area contributed by atoms with Gasteiger partial charge in [0.1, 0.15) is 5.82 Å². The van der Waals surface area contributed by atoms with E-state index in [1.54, 1.807) is 0 Å². The Kier molecular flexibility index (Phi) is 9.43. The van der Waals surface area contributed by atoms with Crippen molar-refractivity contribution in [2.75, 3.05) is 6.61 Å². The quantitative estimate of drug-likeness (QED) is 0.350. The van der Waals surface area contributed by atoms with Crippen LogP contribution in [0.4, 0.5) is 4.39 Å². The summed E-state index contributed by atoms with van der Waals surface area (Å²) in [6.45, 7) is 8.73. The first-order valence-corrected chi connectivity index (χ1v) is 12.6. The fourth-order valence-electron chi connectivity index (χ4n) is 5.56. The van der Waals surface area contributed by atoms with Gasteiger partial charge in [0, 0.05) is 5.92 Å². The zero-order chi connectivity index (χ0) is 21.3. The van der Waals surface area contributed by atoms with Crippen molar-refractivity contribution in [3.05, 3.63) is 47.3 Å². The van der Waals surface area contributed by atoms with E-state index in [2.05, 4.69) is 31.7 Å². The van der Waals surface area contributed by atoms with E-state index < -0.39 is 0 Å². The van der Waals surface area contributed by atoms with Gasteiger partial charge in [-0.2, -0.15) is 0 Å². The molecule has 1 saturated heterocycles. The second-order valence-corrected chi connectivity index (χ2v) is 9.92. The largest absolute Gasteiger partial charge is 0.378 e. The Balaban J connectivity index is 1.49. The molecule has 1 nitrogen and oxygen atoms in total. The van der Waals surface area contributed by atoms with Crippen LogP contribution >= 0.6 is 0 Å². The maximum absolute atomic E-state index is 15.2. The van der Waals surface area contributed by atoms with Gasteiger partial charge in [-0.15, -0.1) is 6.58 Å². The zero-order valence-corrected chi connectivity index (χ0v) is 19.4. The second kappa shape index (κ2) is 12.0. The number of halogens is 1. The SMILES string of the molecule is C=CCCC1CCC(CCc2ccc(C3CCC(CCCC)OC3)c(F)c2C)CC1. The van der Waals surface area contributed by atoms with Gasteiger partial charge in [-0.3, -0.25) is 0 Å². The first-order chi connectivity index (χ1) is 14.6. The lowest BCUT2D eigenvalue weighted by Crippen LogP contribution is -2.25. The predicted molar refractivity (Wildman–Crippen MR) is 126 cm³/mol. The molecule has 0 spiro atoms. The van der Waals surface area contributed by atoms with E-state index in [1.807, 2.05) is 6.92 Å². The molecule has 2 heteroatoms. The third-order valence-electron chi connectivity index (χ3n) is 7.79. The highest BCUT2D eigenvalue weighted by molar-refractivity contribution is 5.35. The molecule has 2 unspecified atom stereocenters. The van der Waals surface area contributed by atoms with Crippen molar-refractivity contribution in [2.45, 2.75) is 109 Å². The van der Waals surface area contributed by atoms with Crippen molar-refractivity contribution in [2.24, 2.45) is 11.8 Å². The number of ether oxygens (including phenoxy) is 1. The maximum Gasteiger partial charge on any atom is 0.129 e. The molecule has 2 aliphatic rings. The van der Waals surface area contributed by atoms with E-state index in [4.69, 9.17) is 4.74 Å². The van der Waals surface area contributed by atoms with Gasteiger partial charge in [0.2, 0.25) is 0 Å². The summed E-state index contributed by atoms with van der Waals surface area (Å²) in [5.41, 5.74) is 2.97. The lowest BCUT2D eigenvalue weighted by molar-refractivity contribution is -0.00251. The van der Waals surface area contributed by atoms with Crippen LogP contribution in [-0.4, -0.2) is 12.7 Å². The van der Waals surface area contributed by atoms with E-state index in [9.17, 15) is 0 Å². The Labute approximate surface area is 184 Å². The molecule has 0 aromatic heterocycles. The standard InChI is InChI=1S/C28H43FO/c1-4-6-8-22-10-12-23(13-11-22)14-15-24-17-19-27(28(29)21(24)3)25-16-18-26(30-20-25)9-7-5-2/h4,17,19,22-23,25-26H,1,5-16,18,20H2,2-3H3. The van der Waals surface area contributed by atoms with Crippen molar-refractivity contribution in [3.8, 4) is 0 Å². The molecule has 0 bridgehead atoms. The number of rotatable bonds is 10. The summed E-state index contributed by atoms with van der Waals surface area (Å²) in [5, 5.41) is 0. The summed E-state index contributed by atoms with van der Waals surface area (Å²) in [6.07, 6.45) is 18.3. The van der Waals surface area contributed by atoms with E-state index in [-0.39, 0.29) is 11.7 Å². The molecule has 1 saturated carbocycles. The summed E-state index contributed by atoms with van der Waals surface area (Å²) in [5.74, 6) is 1.97. The lowest BCUT2D eigenvalue weighted by Gasteiger charge is -2.30. The Morgan fingerprint density at radius 1 is 1.03 bits per heavy atom. The fraction of sp³-hybridized carbons (Fsp3) is 0.714. The van der Waals surface area contributed by atoms with Gasteiger partial charge in [-0.25, -0.2) is 4.39 Å². The second-order valence-electron chi connectivity index (χ2n) is 9.92. The molecule has 0 radical (unpaired) electrons. The van der Waals surface area contributed by atoms with Gasteiger partial charge in [0.15, 0.2) is 0 Å². The normalized spacial score (nSPS) is 27.2. The van der Waals surface area contributed by atoms with Crippen molar-refractivity contribution >= 4 is 0 Å². The van der Waals surface area contributed by atoms with E-state index >= 15 is 4.39 Å². The molecule has 2 atom stereocenters. The van der Waals surface area contributed by atoms with Crippen LogP contribution in [0.1, 0.15) is 107 Å². The molecule has 168 valence electrons. The van der Waals surface area contributed by atoms with Gasteiger partial charge < -0.3 is 4.74 Å². The zero-order valence-electron chi connectivity index (χ0n) is 19.4. The number of unbranched alkanes of at least 4 members (excludes halogenated alkanes) is 1.